The van der Waals surface area contributed by atoms with Crippen molar-refractivity contribution in [1.29, 1.82) is 0 Å². The minimum atomic E-state index is -0.137. The minimum absolute atomic E-state index is 0.0395. The second kappa shape index (κ2) is 7.27. The fraction of sp³-hybridized carbons (Fsp3) is 0.500. The molecule has 0 radical (unpaired) electrons. The lowest BCUT2D eigenvalue weighted by Gasteiger charge is -2.34. The summed E-state index contributed by atoms with van der Waals surface area (Å²) in [6.45, 7) is 2.21. The van der Waals surface area contributed by atoms with Gasteiger partial charge in [-0.15, -0.1) is 0 Å². The number of likely N-dealkylation sites (tertiary alicyclic amines) is 1. The Morgan fingerprint density at radius 1 is 1.40 bits per heavy atom. The van der Waals surface area contributed by atoms with Gasteiger partial charge in [0.1, 0.15) is 0 Å². The van der Waals surface area contributed by atoms with Crippen molar-refractivity contribution < 1.29 is 4.79 Å². The van der Waals surface area contributed by atoms with E-state index in [0.717, 1.165) is 32.4 Å². The average Bonchev–Trinajstić information content (AvgIpc) is 2.44. The number of hydrogen-bond donors (Lipinski definition) is 2. The molecule has 1 aromatic carbocycles. The highest BCUT2D eigenvalue weighted by Crippen LogP contribution is 2.26. The van der Waals surface area contributed by atoms with E-state index in [9.17, 15) is 4.79 Å². The van der Waals surface area contributed by atoms with Gasteiger partial charge in [-0.1, -0.05) is 29.6 Å². The molecule has 0 saturated carbocycles. The third-order valence-electron chi connectivity index (χ3n) is 3.52. The summed E-state index contributed by atoms with van der Waals surface area (Å²) in [5, 5.41) is 3.91. The van der Waals surface area contributed by atoms with E-state index in [-0.39, 0.29) is 11.9 Å². The van der Waals surface area contributed by atoms with Crippen LogP contribution in [0.4, 0.5) is 5.69 Å². The maximum atomic E-state index is 12.4. The summed E-state index contributed by atoms with van der Waals surface area (Å²) in [6, 6.07) is 4.90. The molecule has 1 aromatic rings. The largest absolute Gasteiger partial charge is 0.329 e. The van der Waals surface area contributed by atoms with Crippen LogP contribution in [0.5, 0.6) is 0 Å². The Labute approximate surface area is 129 Å². The number of carbonyl (C=O) groups is 1. The van der Waals surface area contributed by atoms with Gasteiger partial charge in [0.25, 0.3) is 0 Å². The van der Waals surface area contributed by atoms with Crippen molar-refractivity contribution in [2.45, 2.75) is 25.3 Å². The van der Waals surface area contributed by atoms with Crippen LogP contribution in [0.1, 0.15) is 19.3 Å². The second-order valence-electron chi connectivity index (χ2n) is 4.95. The summed E-state index contributed by atoms with van der Waals surface area (Å²) in [7, 11) is 0. The smallest absolute Gasteiger partial charge is 0.241 e. The number of nitrogens with one attached hydrogen (secondary N) is 1. The summed E-state index contributed by atoms with van der Waals surface area (Å²) in [5.41, 5.74) is 6.16. The molecule has 1 saturated heterocycles. The summed E-state index contributed by atoms with van der Waals surface area (Å²) in [5.74, 6) is -0.0395. The maximum Gasteiger partial charge on any atom is 0.241 e. The van der Waals surface area contributed by atoms with Crippen LogP contribution in [-0.2, 0) is 4.79 Å². The van der Waals surface area contributed by atoms with E-state index < -0.39 is 0 Å². The highest BCUT2D eigenvalue weighted by Gasteiger charge is 2.28. The Bertz CT molecular complexity index is 479. The third kappa shape index (κ3) is 3.85. The molecule has 110 valence electrons. The van der Waals surface area contributed by atoms with E-state index in [0.29, 0.717) is 22.3 Å². The summed E-state index contributed by atoms with van der Waals surface area (Å²) in [4.78, 5) is 14.6. The number of halogens is 2. The first-order chi connectivity index (χ1) is 9.61. The molecule has 2 rings (SSSR count). The number of carbonyl (C=O) groups excluding carboxylic acids is 1. The topological polar surface area (TPSA) is 58.4 Å². The van der Waals surface area contributed by atoms with Crippen LogP contribution < -0.4 is 11.1 Å². The Morgan fingerprint density at radius 3 is 2.95 bits per heavy atom. The van der Waals surface area contributed by atoms with Crippen LogP contribution in [0.15, 0.2) is 18.2 Å². The van der Waals surface area contributed by atoms with Crippen molar-refractivity contribution in [3.63, 3.8) is 0 Å². The molecule has 0 spiro atoms. The zero-order valence-electron chi connectivity index (χ0n) is 11.2. The molecular weight excluding hydrogens is 297 g/mol. The molecule has 4 nitrogen and oxygen atoms in total. The summed E-state index contributed by atoms with van der Waals surface area (Å²) >= 11 is 12.0. The summed E-state index contributed by atoms with van der Waals surface area (Å²) < 4.78 is 0. The van der Waals surface area contributed by atoms with E-state index in [1.54, 1.807) is 18.2 Å². The first-order valence-electron chi connectivity index (χ1n) is 6.82. The van der Waals surface area contributed by atoms with Gasteiger partial charge in [0.15, 0.2) is 0 Å². The van der Waals surface area contributed by atoms with Gasteiger partial charge < -0.3 is 11.1 Å². The van der Waals surface area contributed by atoms with Crippen LogP contribution in [0.25, 0.3) is 0 Å². The van der Waals surface area contributed by atoms with Crippen molar-refractivity contribution in [2.75, 3.05) is 25.0 Å². The lowest BCUT2D eigenvalue weighted by atomic mass is 10.0. The molecule has 1 aliphatic rings. The highest BCUT2D eigenvalue weighted by molar-refractivity contribution is 6.35. The van der Waals surface area contributed by atoms with Gasteiger partial charge in [-0.25, -0.2) is 0 Å². The van der Waals surface area contributed by atoms with E-state index in [4.69, 9.17) is 28.9 Å². The predicted octanol–water partition coefficient (Wildman–Crippen LogP) is 2.75. The SMILES string of the molecule is NCCN1CCCCC1C(=O)Nc1cc(Cl)ccc1Cl. The van der Waals surface area contributed by atoms with Gasteiger partial charge >= 0.3 is 0 Å². The fourth-order valence-electron chi connectivity index (χ4n) is 2.53. The quantitative estimate of drug-likeness (QED) is 0.898. The van der Waals surface area contributed by atoms with E-state index in [2.05, 4.69) is 10.2 Å². The third-order valence-corrected chi connectivity index (χ3v) is 4.08. The van der Waals surface area contributed by atoms with Crippen LogP contribution in [0.2, 0.25) is 10.0 Å². The van der Waals surface area contributed by atoms with Gasteiger partial charge in [-0.05, 0) is 37.6 Å². The molecule has 0 aliphatic carbocycles. The molecule has 3 N–H and O–H groups in total. The molecule has 0 aromatic heterocycles. The Kier molecular flexibility index (Phi) is 5.66. The van der Waals surface area contributed by atoms with Crippen LogP contribution in [-0.4, -0.2) is 36.5 Å². The lowest BCUT2D eigenvalue weighted by molar-refractivity contribution is -0.122. The second-order valence-corrected chi connectivity index (χ2v) is 5.79. The summed E-state index contributed by atoms with van der Waals surface area (Å²) in [6.07, 6.45) is 3.02. The molecule has 1 unspecified atom stereocenters. The van der Waals surface area contributed by atoms with Crippen LogP contribution in [0, 0.1) is 0 Å². The van der Waals surface area contributed by atoms with Crippen molar-refractivity contribution in [3.8, 4) is 0 Å². The minimum Gasteiger partial charge on any atom is -0.329 e. The van der Waals surface area contributed by atoms with Crippen molar-refractivity contribution >= 4 is 34.8 Å². The normalized spacial score (nSPS) is 19.9. The zero-order valence-corrected chi connectivity index (χ0v) is 12.8. The standard InChI is InChI=1S/C14H19Cl2N3O/c15-10-4-5-11(16)12(9-10)18-14(20)13-3-1-2-7-19(13)8-6-17/h4-5,9,13H,1-3,6-8,17H2,(H,18,20). The van der Waals surface area contributed by atoms with Crippen molar-refractivity contribution in [1.82, 2.24) is 4.90 Å². The molecule has 1 amide bonds. The molecule has 20 heavy (non-hydrogen) atoms. The maximum absolute atomic E-state index is 12.4. The molecule has 1 aliphatic heterocycles. The molecule has 1 fully saturated rings. The molecule has 6 heteroatoms. The molecule has 1 heterocycles. The van der Waals surface area contributed by atoms with E-state index >= 15 is 0 Å². The van der Waals surface area contributed by atoms with Crippen molar-refractivity contribution in [2.24, 2.45) is 5.73 Å². The predicted molar refractivity (Wildman–Crippen MR) is 83.4 cm³/mol. The fourth-order valence-corrected chi connectivity index (χ4v) is 2.87. The van der Waals surface area contributed by atoms with Crippen molar-refractivity contribution in [3.05, 3.63) is 28.2 Å². The number of nitrogens with two attached hydrogens (primary N) is 1. The highest BCUT2D eigenvalue weighted by atomic mass is 35.5. The number of benzene rings is 1. The number of nitrogens with zero attached hydrogens (tertiary/aromatic N) is 1. The van der Waals surface area contributed by atoms with Crippen LogP contribution in [0.3, 0.4) is 0 Å². The monoisotopic (exact) mass is 315 g/mol. The van der Waals surface area contributed by atoms with Gasteiger partial charge in [0.05, 0.1) is 16.8 Å². The number of anilines is 1. The van der Waals surface area contributed by atoms with Gasteiger partial charge in [0.2, 0.25) is 5.91 Å². The zero-order chi connectivity index (χ0) is 14.5. The molecular formula is C14H19Cl2N3O. The number of hydrogen-bond acceptors (Lipinski definition) is 3. The number of rotatable bonds is 4. The first kappa shape index (κ1) is 15.6. The van der Waals surface area contributed by atoms with Gasteiger partial charge in [0, 0.05) is 18.1 Å². The van der Waals surface area contributed by atoms with E-state index in [1.165, 1.54) is 0 Å². The van der Waals surface area contributed by atoms with Crippen LogP contribution >= 0.6 is 23.2 Å². The number of piperidine rings is 1. The van der Waals surface area contributed by atoms with E-state index in [1.807, 2.05) is 0 Å². The first-order valence-corrected chi connectivity index (χ1v) is 7.57. The van der Waals surface area contributed by atoms with Gasteiger partial charge in [-0.3, -0.25) is 9.69 Å². The Balaban J connectivity index is 2.07. The van der Waals surface area contributed by atoms with Gasteiger partial charge in [-0.2, -0.15) is 0 Å². The number of amides is 1. The molecule has 0 bridgehead atoms. The average molecular weight is 316 g/mol. The Hall–Kier alpha value is -0.810. The Morgan fingerprint density at radius 2 is 2.20 bits per heavy atom. The lowest BCUT2D eigenvalue weighted by Crippen LogP contribution is -2.48. The molecule has 1 atom stereocenters.